The average molecular weight is 425 g/mol. The summed E-state index contributed by atoms with van der Waals surface area (Å²) in [5.74, 6) is 0.573. The van der Waals surface area contributed by atoms with Crippen molar-refractivity contribution in [2.45, 2.75) is 13.3 Å². The van der Waals surface area contributed by atoms with E-state index >= 15 is 0 Å². The first-order chi connectivity index (χ1) is 14.9. The van der Waals surface area contributed by atoms with Gasteiger partial charge in [0.2, 0.25) is 17.8 Å². The van der Waals surface area contributed by atoms with Crippen molar-refractivity contribution < 1.29 is 14.3 Å². The Morgan fingerprint density at radius 1 is 1.19 bits per heavy atom. The van der Waals surface area contributed by atoms with Gasteiger partial charge in [0.05, 0.1) is 25.3 Å². The molecule has 2 amide bonds. The molecule has 3 heterocycles. The summed E-state index contributed by atoms with van der Waals surface area (Å²) in [6, 6.07) is 7.76. The molecule has 2 saturated heterocycles. The summed E-state index contributed by atoms with van der Waals surface area (Å²) in [4.78, 5) is 40.2. The summed E-state index contributed by atoms with van der Waals surface area (Å²) in [5, 5.41) is 2.94. The number of amides is 2. The van der Waals surface area contributed by atoms with E-state index in [1.54, 1.807) is 11.1 Å². The van der Waals surface area contributed by atoms with Crippen LogP contribution < -0.4 is 20.0 Å². The number of nitrogens with one attached hydrogen (secondary N) is 1. The Labute approximate surface area is 182 Å². The van der Waals surface area contributed by atoms with Crippen molar-refractivity contribution >= 4 is 35.0 Å². The zero-order valence-corrected chi connectivity index (χ0v) is 18.2. The third kappa shape index (κ3) is 4.61. The number of morpholine rings is 1. The largest absolute Gasteiger partial charge is 0.378 e. The maximum Gasteiger partial charge on any atom is 0.229 e. The maximum absolute atomic E-state index is 13.0. The van der Waals surface area contributed by atoms with E-state index in [0.717, 1.165) is 24.3 Å². The predicted molar refractivity (Wildman–Crippen MR) is 120 cm³/mol. The standard InChI is InChI=1S/C22H28N6O3/c1-15-4-6-17(7-5-15)28-14-16(12-19(28)29)21(30)24-18-13-23-22(25-20(18)26(2)3)27-8-10-31-11-9-27/h4-7,13,16H,8-12,14H2,1-3H3,(H,24,30). The van der Waals surface area contributed by atoms with Gasteiger partial charge in [0.15, 0.2) is 5.82 Å². The quantitative estimate of drug-likeness (QED) is 0.781. The van der Waals surface area contributed by atoms with Crippen LogP contribution in [-0.4, -0.2) is 68.7 Å². The molecule has 2 fully saturated rings. The van der Waals surface area contributed by atoms with Crippen LogP contribution in [0.3, 0.4) is 0 Å². The summed E-state index contributed by atoms with van der Waals surface area (Å²) < 4.78 is 5.39. The minimum absolute atomic E-state index is 0.0456. The summed E-state index contributed by atoms with van der Waals surface area (Å²) in [5.41, 5.74) is 2.48. The zero-order valence-electron chi connectivity index (χ0n) is 18.2. The maximum atomic E-state index is 13.0. The van der Waals surface area contributed by atoms with E-state index in [1.165, 1.54) is 0 Å². The van der Waals surface area contributed by atoms with Crippen molar-refractivity contribution in [2.75, 3.05) is 67.0 Å². The van der Waals surface area contributed by atoms with Crippen LogP contribution in [0.15, 0.2) is 30.5 Å². The van der Waals surface area contributed by atoms with Crippen LogP contribution >= 0.6 is 0 Å². The van der Waals surface area contributed by atoms with Gasteiger partial charge in [-0.2, -0.15) is 4.98 Å². The molecule has 0 saturated carbocycles. The van der Waals surface area contributed by atoms with Gasteiger partial charge in [-0.3, -0.25) is 9.59 Å². The molecule has 0 aliphatic carbocycles. The van der Waals surface area contributed by atoms with Crippen LogP contribution in [0.25, 0.3) is 0 Å². The highest BCUT2D eigenvalue weighted by Crippen LogP contribution is 2.28. The highest BCUT2D eigenvalue weighted by atomic mass is 16.5. The number of ether oxygens (including phenoxy) is 1. The molecule has 1 aromatic heterocycles. The molecule has 2 aromatic rings. The first-order valence-corrected chi connectivity index (χ1v) is 10.5. The van der Waals surface area contributed by atoms with Crippen LogP contribution in [0.2, 0.25) is 0 Å². The number of aromatic nitrogens is 2. The molecule has 4 rings (SSSR count). The Bertz CT molecular complexity index is 956. The van der Waals surface area contributed by atoms with Crippen LogP contribution in [0.5, 0.6) is 0 Å². The molecule has 1 unspecified atom stereocenters. The highest BCUT2D eigenvalue weighted by molar-refractivity contribution is 6.04. The van der Waals surface area contributed by atoms with Crippen LogP contribution in [0.4, 0.5) is 23.1 Å². The SMILES string of the molecule is Cc1ccc(N2CC(C(=O)Nc3cnc(N4CCOCC4)nc3N(C)C)CC2=O)cc1. The Balaban J connectivity index is 1.47. The Hall–Kier alpha value is -3.20. The van der Waals surface area contributed by atoms with Crippen molar-refractivity contribution in [1.29, 1.82) is 0 Å². The third-order valence-electron chi connectivity index (χ3n) is 5.57. The van der Waals surface area contributed by atoms with E-state index in [2.05, 4.69) is 20.2 Å². The van der Waals surface area contributed by atoms with Gasteiger partial charge in [-0.05, 0) is 19.1 Å². The van der Waals surface area contributed by atoms with Crippen molar-refractivity contribution in [3.63, 3.8) is 0 Å². The topological polar surface area (TPSA) is 90.9 Å². The first-order valence-electron chi connectivity index (χ1n) is 10.5. The van der Waals surface area contributed by atoms with E-state index in [4.69, 9.17) is 4.74 Å². The van der Waals surface area contributed by atoms with E-state index in [0.29, 0.717) is 37.2 Å². The molecule has 9 nitrogen and oxygen atoms in total. The molecule has 1 N–H and O–H groups in total. The second-order valence-electron chi connectivity index (χ2n) is 8.13. The molecule has 31 heavy (non-hydrogen) atoms. The number of hydrogen-bond donors (Lipinski definition) is 1. The molecule has 2 aliphatic heterocycles. The van der Waals surface area contributed by atoms with Gasteiger partial charge in [-0.1, -0.05) is 17.7 Å². The summed E-state index contributed by atoms with van der Waals surface area (Å²) in [7, 11) is 3.75. The number of nitrogens with zero attached hydrogens (tertiary/aromatic N) is 5. The number of anilines is 4. The zero-order chi connectivity index (χ0) is 22.0. The Morgan fingerprint density at radius 3 is 2.58 bits per heavy atom. The van der Waals surface area contributed by atoms with Gasteiger partial charge in [-0.25, -0.2) is 4.98 Å². The fraction of sp³-hybridized carbons (Fsp3) is 0.455. The lowest BCUT2D eigenvalue weighted by atomic mass is 10.1. The van der Waals surface area contributed by atoms with Crippen molar-refractivity contribution in [1.82, 2.24) is 9.97 Å². The van der Waals surface area contributed by atoms with Crippen molar-refractivity contribution in [2.24, 2.45) is 5.92 Å². The fourth-order valence-electron chi connectivity index (χ4n) is 3.80. The normalized spacial score (nSPS) is 18.9. The highest BCUT2D eigenvalue weighted by Gasteiger charge is 2.35. The number of rotatable bonds is 5. The average Bonchev–Trinajstić information content (AvgIpc) is 3.17. The van der Waals surface area contributed by atoms with E-state index < -0.39 is 5.92 Å². The molecule has 2 aliphatic rings. The fourth-order valence-corrected chi connectivity index (χ4v) is 3.80. The molecular formula is C22H28N6O3. The second-order valence-corrected chi connectivity index (χ2v) is 8.13. The molecule has 1 atom stereocenters. The molecular weight excluding hydrogens is 396 g/mol. The molecule has 0 spiro atoms. The molecule has 0 radical (unpaired) electrons. The van der Waals surface area contributed by atoms with Gasteiger partial charge in [0.1, 0.15) is 5.69 Å². The number of hydrogen-bond acceptors (Lipinski definition) is 7. The smallest absolute Gasteiger partial charge is 0.229 e. The summed E-state index contributed by atoms with van der Waals surface area (Å²) in [6.45, 7) is 5.12. The molecule has 1 aromatic carbocycles. The van der Waals surface area contributed by atoms with Crippen molar-refractivity contribution in [3.05, 3.63) is 36.0 Å². The lowest BCUT2D eigenvalue weighted by Gasteiger charge is -2.28. The summed E-state index contributed by atoms with van der Waals surface area (Å²) in [6.07, 6.45) is 1.82. The number of carbonyl (C=O) groups excluding carboxylic acids is 2. The Kier molecular flexibility index (Phi) is 6.03. The molecule has 0 bridgehead atoms. The van der Waals surface area contributed by atoms with Gasteiger partial charge in [-0.15, -0.1) is 0 Å². The van der Waals surface area contributed by atoms with Crippen molar-refractivity contribution in [3.8, 4) is 0 Å². The van der Waals surface area contributed by atoms with Crippen LogP contribution in [-0.2, 0) is 14.3 Å². The predicted octanol–water partition coefficient (Wildman–Crippen LogP) is 1.68. The monoisotopic (exact) mass is 424 g/mol. The van der Waals surface area contributed by atoms with Gasteiger partial charge in [0.25, 0.3) is 0 Å². The molecule has 164 valence electrons. The third-order valence-corrected chi connectivity index (χ3v) is 5.57. The number of benzene rings is 1. The van der Waals surface area contributed by atoms with Crippen LogP contribution in [0, 0.1) is 12.8 Å². The van der Waals surface area contributed by atoms with Crippen LogP contribution in [0.1, 0.15) is 12.0 Å². The number of carbonyl (C=O) groups is 2. The minimum Gasteiger partial charge on any atom is -0.378 e. The van der Waals surface area contributed by atoms with Gasteiger partial charge >= 0.3 is 0 Å². The lowest BCUT2D eigenvalue weighted by Crippen LogP contribution is -2.37. The van der Waals surface area contributed by atoms with E-state index in [-0.39, 0.29) is 18.2 Å². The van der Waals surface area contributed by atoms with E-state index in [1.807, 2.05) is 50.2 Å². The lowest BCUT2D eigenvalue weighted by molar-refractivity contribution is -0.122. The second kappa shape index (κ2) is 8.89. The first kappa shape index (κ1) is 21.0. The van der Waals surface area contributed by atoms with Gasteiger partial charge in [0, 0.05) is 45.8 Å². The summed E-state index contributed by atoms with van der Waals surface area (Å²) >= 11 is 0. The van der Waals surface area contributed by atoms with E-state index in [9.17, 15) is 9.59 Å². The molecule has 9 heteroatoms. The minimum atomic E-state index is -0.428. The van der Waals surface area contributed by atoms with Gasteiger partial charge < -0.3 is 24.8 Å². The Morgan fingerprint density at radius 2 is 1.90 bits per heavy atom. The number of aryl methyl sites for hydroxylation is 1.